The molecule has 1 unspecified atom stereocenters. The second-order valence-electron chi connectivity index (χ2n) is 3.93. The zero-order valence-corrected chi connectivity index (χ0v) is 10.0. The van der Waals surface area contributed by atoms with Crippen molar-refractivity contribution < 1.29 is 13.9 Å². The summed E-state index contributed by atoms with van der Waals surface area (Å²) in [5, 5.41) is 10.2. The van der Waals surface area contributed by atoms with E-state index in [2.05, 4.69) is 0 Å². The van der Waals surface area contributed by atoms with Crippen molar-refractivity contribution in [1.82, 2.24) is 0 Å². The molecule has 17 heavy (non-hydrogen) atoms. The zero-order chi connectivity index (χ0) is 12.4. The number of hydrogen-bond acceptors (Lipinski definition) is 2. The predicted molar refractivity (Wildman–Crippen MR) is 63.5 cm³/mol. The highest BCUT2D eigenvalue weighted by atomic mass is 35.5. The molecule has 0 bridgehead atoms. The summed E-state index contributed by atoms with van der Waals surface area (Å²) in [5.41, 5.74) is 1.69. The molecule has 0 fully saturated rings. The topological polar surface area (TPSA) is 33.4 Å². The van der Waals surface area contributed by atoms with Gasteiger partial charge in [-0.25, -0.2) is 4.39 Å². The lowest BCUT2D eigenvalue weighted by molar-refractivity contribution is 0.150. The fraction of sp³-hybridized carbons (Fsp3) is 0.231. The minimum Gasteiger partial charge on any atom is -0.447 e. The highest BCUT2D eigenvalue weighted by Crippen LogP contribution is 2.24. The standard InChI is InChI=1S/C13H12ClFO2/c1-8-6-10(15)3-2-9(8)7-11(16)12-4-5-13(14)17-12/h2-6,11,16H,7H2,1H3. The Balaban J connectivity index is 2.15. The van der Waals surface area contributed by atoms with E-state index in [1.54, 1.807) is 25.1 Å². The van der Waals surface area contributed by atoms with Gasteiger partial charge in [-0.1, -0.05) is 6.07 Å². The zero-order valence-electron chi connectivity index (χ0n) is 9.28. The smallest absolute Gasteiger partial charge is 0.193 e. The van der Waals surface area contributed by atoms with Crippen molar-refractivity contribution in [2.45, 2.75) is 19.4 Å². The first-order valence-electron chi connectivity index (χ1n) is 5.24. The second kappa shape index (κ2) is 4.90. The minimum absolute atomic E-state index is 0.245. The Labute approximate surface area is 104 Å². The predicted octanol–water partition coefficient (Wildman–Crippen LogP) is 3.66. The number of aliphatic hydroxyl groups excluding tert-OH is 1. The number of hydrogen-bond donors (Lipinski definition) is 1. The highest BCUT2D eigenvalue weighted by molar-refractivity contribution is 6.28. The van der Waals surface area contributed by atoms with E-state index in [-0.39, 0.29) is 11.0 Å². The lowest BCUT2D eigenvalue weighted by Crippen LogP contribution is -2.02. The van der Waals surface area contributed by atoms with Gasteiger partial charge in [0, 0.05) is 6.42 Å². The van der Waals surface area contributed by atoms with Crippen LogP contribution in [0, 0.1) is 12.7 Å². The average molecular weight is 255 g/mol. The van der Waals surface area contributed by atoms with E-state index in [4.69, 9.17) is 16.0 Å². The fourth-order valence-electron chi connectivity index (χ4n) is 1.70. The van der Waals surface area contributed by atoms with Gasteiger partial charge in [-0.3, -0.25) is 0 Å². The van der Waals surface area contributed by atoms with E-state index >= 15 is 0 Å². The van der Waals surface area contributed by atoms with Crippen LogP contribution in [0.3, 0.4) is 0 Å². The number of furan rings is 1. The summed E-state index contributed by atoms with van der Waals surface area (Å²) in [5.74, 6) is 0.139. The molecule has 0 aliphatic carbocycles. The molecule has 2 aromatic rings. The van der Waals surface area contributed by atoms with Crippen molar-refractivity contribution in [2.75, 3.05) is 0 Å². The number of benzene rings is 1. The summed E-state index contributed by atoms with van der Waals surface area (Å²) in [6.07, 6.45) is -0.401. The molecule has 0 saturated heterocycles. The molecule has 90 valence electrons. The number of aliphatic hydroxyl groups is 1. The van der Waals surface area contributed by atoms with Gasteiger partial charge in [0.2, 0.25) is 0 Å². The number of rotatable bonds is 3. The Hall–Kier alpha value is -1.32. The Kier molecular flexibility index (Phi) is 3.50. The fourth-order valence-corrected chi connectivity index (χ4v) is 1.86. The quantitative estimate of drug-likeness (QED) is 0.907. The highest BCUT2D eigenvalue weighted by Gasteiger charge is 2.14. The second-order valence-corrected chi connectivity index (χ2v) is 4.31. The van der Waals surface area contributed by atoms with Crippen LogP contribution in [-0.2, 0) is 6.42 Å². The molecule has 0 aliphatic rings. The van der Waals surface area contributed by atoms with Gasteiger partial charge >= 0.3 is 0 Å². The molecule has 1 N–H and O–H groups in total. The summed E-state index contributed by atoms with van der Waals surface area (Å²) in [6, 6.07) is 7.70. The number of halogens is 2. The summed E-state index contributed by atoms with van der Waals surface area (Å²) in [6.45, 7) is 1.81. The van der Waals surface area contributed by atoms with Crippen molar-refractivity contribution in [3.05, 3.63) is 58.3 Å². The maximum absolute atomic E-state index is 12.9. The van der Waals surface area contributed by atoms with Crippen LogP contribution in [0.5, 0.6) is 0 Å². The van der Waals surface area contributed by atoms with Crippen molar-refractivity contribution in [1.29, 1.82) is 0 Å². The molecule has 0 amide bonds. The Bertz CT molecular complexity index is 522. The molecule has 1 aromatic heterocycles. The van der Waals surface area contributed by atoms with Gasteiger partial charge < -0.3 is 9.52 Å². The third-order valence-electron chi connectivity index (χ3n) is 2.64. The molecule has 4 heteroatoms. The van der Waals surface area contributed by atoms with Crippen LogP contribution in [0.1, 0.15) is 23.0 Å². The Morgan fingerprint density at radius 1 is 1.35 bits per heavy atom. The van der Waals surface area contributed by atoms with Crippen LogP contribution in [-0.4, -0.2) is 5.11 Å². The van der Waals surface area contributed by atoms with E-state index in [9.17, 15) is 9.50 Å². The maximum atomic E-state index is 12.9. The van der Waals surface area contributed by atoms with Gasteiger partial charge in [0.15, 0.2) is 5.22 Å². The van der Waals surface area contributed by atoms with Crippen molar-refractivity contribution in [2.24, 2.45) is 0 Å². The van der Waals surface area contributed by atoms with Crippen molar-refractivity contribution in [3.8, 4) is 0 Å². The normalized spacial score (nSPS) is 12.7. The van der Waals surface area contributed by atoms with Crippen molar-refractivity contribution in [3.63, 3.8) is 0 Å². The summed E-state index contributed by atoms with van der Waals surface area (Å²) in [4.78, 5) is 0. The summed E-state index contributed by atoms with van der Waals surface area (Å²) >= 11 is 5.63. The molecule has 1 aromatic carbocycles. The molecule has 0 radical (unpaired) electrons. The maximum Gasteiger partial charge on any atom is 0.193 e. The van der Waals surface area contributed by atoms with Crippen LogP contribution >= 0.6 is 11.6 Å². The van der Waals surface area contributed by atoms with E-state index in [1.807, 2.05) is 0 Å². The van der Waals surface area contributed by atoms with Crippen molar-refractivity contribution >= 4 is 11.6 Å². The third-order valence-corrected chi connectivity index (χ3v) is 2.84. The lowest BCUT2D eigenvalue weighted by atomic mass is 10.0. The van der Waals surface area contributed by atoms with Crippen LogP contribution in [0.4, 0.5) is 4.39 Å². The van der Waals surface area contributed by atoms with Gasteiger partial charge in [0.25, 0.3) is 0 Å². The lowest BCUT2D eigenvalue weighted by Gasteiger charge is -2.10. The van der Waals surface area contributed by atoms with E-state index in [1.165, 1.54) is 12.1 Å². The van der Waals surface area contributed by atoms with Crippen LogP contribution < -0.4 is 0 Å². The van der Waals surface area contributed by atoms with Crippen LogP contribution in [0.25, 0.3) is 0 Å². The Morgan fingerprint density at radius 3 is 2.71 bits per heavy atom. The van der Waals surface area contributed by atoms with Gasteiger partial charge in [-0.05, 0) is 53.9 Å². The van der Waals surface area contributed by atoms with Gasteiger partial charge in [-0.2, -0.15) is 0 Å². The molecule has 1 atom stereocenters. The first-order chi connectivity index (χ1) is 8.06. The monoisotopic (exact) mass is 254 g/mol. The van der Waals surface area contributed by atoms with E-state index in [0.717, 1.165) is 11.1 Å². The minimum atomic E-state index is -0.772. The molecule has 1 heterocycles. The van der Waals surface area contributed by atoms with Gasteiger partial charge in [0.1, 0.15) is 17.7 Å². The van der Waals surface area contributed by atoms with E-state index in [0.29, 0.717) is 12.2 Å². The van der Waals surface area contributed by atoms with Gasteiger partial charge in [-0.15, -0.1) is 0 Å². The summed E-state index contributed by atoms with van der Waals surface area (Å²) < 4.78 is 18.0. The van der Waals surface area contributed by atoms with Gasteiger partial charge in [0.05, 0.1) is 0 Å². The molecular formula is C13H12ClFO2. The first kappa shape index (κ1) is 12.1. The van der Waals surface area contributed by atoms with Crippen LogP contribution in [0.15, 0.2) is 34.7 Å². The van der Waals surface area contributed by atoms with Crippen LogP contribution in [0.2, 0.25) is 5.22 Å². The molecule has 0 saturated carbocycles. The first-order valence-corrected chi connectivity index (χ1v) is 5.62. The Morgan fingerprint density at radius 2 is 2.12 bits per heavy atom. The largest absolute Gasteiger partial charge is 0.447 e. The molecule has 0 aliphatic heterocycles. The average Bonchev–Trinajstić information content (AvgIpc) is 2.69. The third kappa shape index (κ3) is 2.87. The SMILES string of the molecule is Cc1cc(F)ccc1CC(O)c1ccc(Cl)o1. The summed E-state index contributed by atoms with van der Waals surface area (Å²) in [7, 11) is 0. The van der Waals surface area contributed by atoms with E-state index < -0.39 is 6.10 Å². The number of aryl methyl sites for hydroxylation is 1. The molecule has 2 nitrogen and oxygen atoms in total. The molecule has 0 spiro atoms. The molecular weight excluding hydrogens is 243 g/mol. The molecule has 2 rings (SSSR count).